The van der Waals surface area contributed by atoms with E-state index in [4.69, 9.17) is 9.16 Å². The lowest BCUT2D eigenvalue weighted by Gasteiger charge is -2.46. The van der Waals surface area contributed by atoms with Crippen molar-refractivity contribution in [1.82, 2.24) is 0 Å². The molecule has 0 aromatic heterocycles. The van der Waals surface area contributed by atoms with Crippen LogP contribution in [0.1, 0.15) is 47.0 Å². The zero-order valence-electron chi connectivity index (χ0n) is 18.9. The molecule has 3 nitrogen and oxygen atoms in total. The first-order valence-electron chi connectivity index (χ1n) is 11.2. The molecule has 0 heterocycles. The number of esters is 1. The smallest absolute Gasteiger partial charge is 0.312 e. The minimum absolute atomic E-state index is 0.0421. The molecule has 2 aliphatic rings. The number of fused-ring (bicyclic) bond motifs is 1. The molecule has 30 heavy (non-hydrogen) atoms. The van der Waals surface area contributed by atoms with E-state index in [1.165, 1.54) is 17.5 Å². The molecule has 0 N–H and O–H groups in total. The fourth-order valence-corrected chi connectivity index (χ4v) is 10.7. The molecule has 2 aromatic carbocycles. The lowest BCUT2D eigenvalue weighted by molar-refractivity contribution is -0.147. The maximum Gasteiger partial charge on any atom is 0.312 e. The number of carbonyl (C=O) groups excluding carboxylic acids is 1. The van der Waals surface area contributed by atoms with Crippen LogP contribution in [-0.2, 0) is 14.0 Å². The van der Waals surface area contributed by atoms with Gasteiger partial charge in [0, 0.05) is 0 Å². The van der Waals surface area contributed by atoms with Gasteiger partial charge in [-0.2, -0.15) is 0 Å². The van der Waals surface area contributed by atoms with E-state index in [0.29, 0.717) is 11.8 Å². The number of hydrogen-bond donors (Lipinski definition) is 0. The minimum Gasteiger partial charge on any atom is -0.469 e. The number of rotatable bonds is 6. The van der Waals surface area contributed by atoms with Crippen molar-refractivity contribution in [2.45, 2.75) is 58.1 Å². The molecule has 2 aromatic rings. The Hall–Kier alpha value is -1.91. The van der Waals surface area contributed by atoms with E-state index < -0.39 is 8.32 Å². The number of methoxy groups -OCH3 is 1. The second-order valence-corrected chi connectivity index (χ2v) is 14.3. The summed E-state index contributed by atoms with van der Waals surface area (Å²) < 4.78 is 12.6. The molecule has 0 amide bonds. The van der Waals surface area contributed by atoms with E-state index in [-0.39, 0.29) is 22.5 Å². The Morgan fingerprint density at radius 1 is 1.00 bits per heavy atom. The first kappa shape index (κ1) is 21.3. The van der Waals surface area contributed by atoms with Crippen molar-refractivity contribution in [2.75, 3.05) is 7.11 Å². The van der Waals surface area contributed by atoms with Crippen LogP contribution in [0, 0.1) is 17.3 Å². The Kier molecular flexibility index (Phi) is 5.44. The Morgan fingerprint density at radius 2 is 1.53 bits per heavy atom. The van der Waals surface area contributed by atoms with Gasteiger partial charge in [0.15, 0.2) is 0 Å². The summed E-state index contributed by atoms with van der Waals surface area (Å²) in [5, 5.41) is 2.54. The molecule has 4 heteroatoms. The van der Waals surface area contributed by atoms with Gasteiger partial charge in [0.25, 0.3) is 8.32 Å². The van der Waals surface area contributed by atoms with Crippen LogP contribution < -0.4 is 10.4 Å². The number of ether oxygens (including phenoxy) is 1. The first-order valence-corrected chi connectivity index (χ1v) is 13.1. The van der Waals surface area contributed by atoms with Crippen LogP contribution in [0.4, 0.5) is 0 Å². The molecular formula is C26H34O3Si. The van der Waals surface area contributed by atoms with Gasteiger partial charge >= 0.3 is 5.97 Å². The second-order valence-electron chi connectivity index (χ2n) is 10.1. The first-order chi connectivity index (χ1) is 14.3. The summed E-state index contributed by atoms with van der Waals surface area (Å²) in [5.74, 6) is 0.767. The van der Waals surface area contributed by atoms with Gasteiger partial charge in [-0.25, -0.2) is 0 Å². The van der Waals surface area contributed by atoms with Gasteiger partial charge in [0.05, 0.1) is 18.6 Å². The van der Waals surface area contributed by atoms with E-state index >= 15 is 0 Å². The Morgan fingerprint density at radius 3 is 1.97 bits per heavy atom. The van der Waals surface area contributed by atoms with Gasteiger partial charge in [-0.15, -0.1) is 0 Å². The van der Waals surface area contributed by atoms with E-state index in [0.717, 1.165) is 19.3 Å². The highest BCUT2D eigenvalue weighted by Crippen LogP contribution is 2.68. The zero-order valence-corrected chi connectivity index (χ0v) is 19.9. The summed E-state index contributed by atoms with van der Waals surface area (Å²) in [4.78, 5) is 12.6. The number of hydrogen-bond acceptors (Lipinski definition) is 3. The average Bonchev–Trinajstić information content (AvgIpc) is 3.38. The van der Waals surface area contributed by atoms with Crippen molar-refractivity contribution in [3.63, 3.8) is 0 Å². The molecule has 2 saturated carbocycles. The van der Waals surface area contributed by atoms with Crippen LogP contribution in [-0.4, -0.2) is 27.5 Å². The molecule has 0 bridgehead atoms. The van der Waals surface area contributed by atoms with Crippen LogP contribution >= 0.6 is 0 Å². The lowest BCUT2D eigenvalue weighted by Crippen LogP contribution is -2.68. The van der Waals surface area contributed by atoms with Gasteiger partial charge in [-0.05, 0) is 40.1 Å². The molecule has 0 spiro atoms. The van der Waals surface area contributed by atoms with Crippen LogP contribution in [0.2, 0.25) is 5.04 Å². The highest BCUT2D eigenvalue weighted by molar-refractivity contribution is 6.99. The molecule has 2 fully saturated rings. The average molecular weight is 423 g/mol. The van der Waals surface area contributed by atoms with Gasteiger partial charge < -0.3 is 9.16 Å². The highest BCUT2D eigenvalue weighted by atomic mass is 28.4. The van der Waals surface area contributed by atoms with Crippen molar-refractivity contribution >= 4 is 24.7 Å². The van der Waals surface area contributed by atoms with Gasteiger partial charge in [-0.3, -0.25) is 4.79 Å². The predicted octanol–water partition coefficient (Wildman–Crippen LogP) is 4.54. The van der Waals surface area contributed by atoms with Crippen LogP contribution in [0.5, 0.6) is 0 Å². The fourth-order valence-electron chi connectivity index (χ4n) is 6.01. The predicted molar refractivity (Wildman–Crippen MR) is 123 cm³/mol. The fraction of sp³-hybridized carbons (Fsp3) is 0.500. The molecule has 160 valence electrons. The molecule has 0 saturated heterocycles. The minimum atomic E-state index is -2.61. The van der Waals surface area contributed by atoms with Gasteiger partial charge in [0.2, 0.25) is 0 Å². The van der Waals surface area contributed by atoms with E-state index in [9.17, 15) is 4.79 Å². The zero-order chi connectivity index (χ0) is 21.6. The molecule has 0 aliphatic heterocycles. The normalized spacial score (nSPS) is 28.1. The van der Waals surface area contributed by atoms with Gasteiger partial charge in [-0.1, -0.05) is 94.8 Å². The van der Waals surface area contributed by atoms with E-state index in [2.05, 4.69) is 88.4 Å². The van der Waals surface area contributed by atoms with Crippen molar-refractivity contribution in [1.29, 1.82) is 0 Å². The summed E-state index contributed by atoms with van der Waals surface area (Å²) in [6.45, 7) is 9.17. The SMILES string of the molecule is CC[C@H]1[C@@H](O[Si](c2ccccc2)(c2ccccc2)C(C)(C)C)C[C@]2(C(=O)OC)C[C@H]12. The van der Waals surface area contributed by atoms with E-state index in [1.54, 1.807) is 0 Å². The van der Waals surface area contributed by atoms with Crippen LogP contribution in [0.25, 0.3) is 0 Å². The third-order valence-corrected chi connectivity index (χ3v) is 12.6. The molecule has 4 atom stereocenters. The summed E-state index contributed by atoms with van der Waals surface area (Å²) in [6.07, 6.45) is 2.86. The standard InChI is InChI=1S/C26H34O3Si/c1-6-21-22-17-26(22,24(27)28-5)18-23(21)29-30(25(2,3)4,19-13-9-7-10-14-19)20-15-11-8-12-16-20/h7-16,21-23H,6,17-18H2,1-5H3/t21-,22-,23+,26-/m1/s1. The lowest BCUT2D eigenvalue weighted by atomic mass is 9.98. The van der Waals surface area contributed by atoms with Crippen LogP contribution in [0.3, 0.4) is 0 Å². The number of carbonyl (C=O) groups is 1. The Labute approximate surface area is 181 Å². The quantitative estimate of drug-likeness (QED) is 0.506. The van der Waals surface area contributed by atoms with Crippen molar-refractivity contribution in [3.05, 3.63) is 60.7 Å². The highest BCUT2D eigenvalue weighted by Gasteiger charge is 2.71. The summed E-state index contributed by atoms with van der Waals surface area (Å²) >= 11 is 0. The maximum absolute atomic E-state index is 12.6. The second kappa shape index (κ2) is 7.65. The van der Waals surface area contributed by atoms with Crippen molar-refractivity contribution in [3.8, 4) is 0 Å². The molecule has 0 unspecified atom stereocenters. The van der Waals surface area contributed by atoms with E-state index in [1.807, 2.05) is 0 Å². The van der Waals surface area contributed by atoms with Crippen molar-refractivity contribution in [2.24, 2.45) is 17.3 Å². The topological polar surface area (TPSA) is 35.5 Å². The van der Waals surface area contributed by atoms with Gasteiger partial charge in [0.1, 0.15) is 0 Å². The summed E-state index contributed by atoms with van der Waals surface area (Å²) in [7, 11) is -1.09. The molecule has 4 rings (SSSR count). The summed E-state index contributed by atoms with van der Waals surface area (Å²) in [5.41, 5.74) is -0.314. The Bertz CT molecular complexity index is 850. The monoisotopic (exact) mass is 422 g/mol. The molecule has 0 radical (unpaired) electrons. The maximum atomic E-state index is 12.6. The molecule has 2 aliphatic carbocycles. The third-order valence-electron chi connectivity index (χ3n) is 7.50. The third kappa shape index (κ3) is 3.16. The van der Waals surface area contributed by atoms with Crippen LogP contribution in [0.15, 0.2) is 60.7 Å². The molecular weight excluding hydrogens is 388 g/mol. The number of benzene rings is 2. The Balaban J connectivity index is 1.81. The van der Waals surface area contributed by atoms with Crippen molar-refractivity contribution < 1.29 is 14.0 Å². The largest absolute Gasteiger partial charge is 0.469 e. The summed E-state index contributed by atoms with van der Waals surface area (Å²) in [6, 6.07) is 21.6.